The lowest BCUT2D eigenvalue weighted by Crippen LogP contribution is -2.13. The molecule has 0 atom stereocenters. The van der Waals surface area contributed by atoms with E-state index in [1.807, 2.05) is 0 Å². The van der Waals surface area contributed by atoms with Crippen molar-refractivity contribution < 1.29 is 22.5 Å². The Balaban J connectivity index is 1.25. The maximum atomic E-state index is 13.5. The molecule has 4 rings (SSSR count). The molecule has 3 heterocycles. The van der Waals surface area contributed by atoms with Crippen LogP contribution in [0.2, 0.25) is 0 Å². The fourth-order valence-corrected chi connectivity index (χ4v) is 2.95. The topological polar surface area (TPSA) is 120 Å². The molecule has 29 heavy (non-hydrogen) atoms. The van der Waals surface area contributed by atoms with Crippen LogP contribution in [0.3, 0.4) is 0 Å². The maximum Gasteiger partial charge on any atom is 0.284 e. The van der Waals surface area contributed by atoms with Crippen LogP contribution in [0.25, 0.3) is 11.7 Å². The third-order valence-electron chi connectivity index (χ3n) is 3.69. The number of aryl methyl sites for hydroxylation is 1. The minimum atomic E-state index is -0.491. The van der Waals surface area contributed by atoms with Gasteiger partial charge in [0.1, 0.15) is 5.82 Å². The van der Waals surface area contributed by atoms with Gasteiger partial charge < -0.3 is 18.7 Å². The molecule has 11 heteroatoms. The lowest BCUT2D eigenvalue weighted by Gasteiger charge is -2.04. The van der Waals surface area contributed by atoms with Gasteiger partial charge in [-0.05, 0) is 24.3 Å². The summed E-state index contributed by atoms with van der Waals surface area (Å²) in [6, 6.07) is 9.40. The lowest BCUT2D eigenvalue weighted by atomic mass is 10.2. The van der Waals surface area contributed by atoms with Gasteiger partial charge in [0, 0.05) is 12.8 Å². The largest absolute Gasteiger partial charge is 0.459 e. The van der Waals surface area contributed by atoms with E-state index in [1.54, 1.807) is 24.3 Å². The van der Waals surface area contributed by atoms with Gasteiger partial charge >= 0.3 is 0 Å². The number of aromatic nitrogens is 4. The molecule has 1 N–H and O–H groups in total. The molecule has 1 aromatic carbocycles. The molecule has 0 radical (unpaired) electrons. The fourth-order valence-electron chi connectivity index (χ4n) is 2.34. The van der Waals surface area contributed by atoms with Crippen LogP contribution in [0.5, 0.6) is 0 Å². The van der Waals surface area contributed by atoms with Gasteiger partial charge in [-0.3, -0.25) is 4.79 Å². The first-order valence-corrected chi connectivity index (χ1v) is 9.52. The van der Waals surface area contributed by atoms with E-state index in [4.69, 9.17) is 13.4 Å². The van der Waals surface area contributed by atoms with Gasteiger partial charge in [-0.25, -0.2) is 4.39 Å². The summed E-state index contributed by atoms with van der Waals surface area (Å²) in [5.74, 6) is 1.02. The predicted octanol–water partition coefficient (Wildman–Crippen LogP) is 3.72. The summed E-state index contributed by atoms with van der Waals surface area (Å²) in [6.45, 7) is 0. The Hall–Kier alpha value is -3.47. The van der Waals surface area contributed by atoms with E-state index in [0.29, 0.717) is 28.5 Å². The molecule has 0 aliphatic carbocycles. The highest BCUT2D eigenvalue weighted by Crippen LogP contribution is 2.25. The number of nitrogens with zero attached hydrogens (tertiary/aromatic N) is 4. The number of hydrogen-bond donors (Lipinski definition) is 1. The van der Waals surface area contributed by atoms with Gasteiger partial charge in [0.25, 0.3) is 11.1 Å². The monoisotopic (exact) mass is 415 g/mol. The number of thioether (sulfide) groups is 1. The van der Waals surface area contributed by atoms with Gasteiger partial charge in [0.05, 0.1) is 17.7 Å². The van der Waals surface area contributed by atoms with Crippen molar-refractivity contribution in [3.8, 4) is 11.7 Å². The van der Waals surface area contributed by atoms with Crippen molar-refractivity contribution in [2.24, 2.45) is 0 Å². The van der Waals surface area contributed by atoms with Gasteiger partial charge in [-0.1, -0.05) is 29.1 Å². The molecule has 148 valence electrons. The first-order valence-electron chi connectivity index (χ1n) is 8.53. The fraction of sp³-hybridized carbons (Fsp3) is 0.167. The van der Waals surface area contributed by atoms with Crippen LogP contribution >= 0.6 is 11.8 Å². The van der Waals surface area contributed by atoms with Crippen LogP contribution in [0, 0.1) is 5.82 Å². The van der Waals surface area contributed by atoms with Crippen LogP contribution in [-0.2, 0) is 17.0 Å². The Morgan fingerprint density at radius 3 is 2.90 bits per heavy atom. The number of halogens is 1. The summed E-state index contributed by atoms with van der Waals surface area (Å²) in [7, 11) is 0. The average Bonchev–Trinajstić information content (AvgIpc) is 3.47. The number of furan rings is 1. The van der Waals surface area contributed by atoms with E-state index in [-0.39, 0.29) is 30.3 Å². The highest BCUT2D eigenvalue weighted by molar-refractivity contribution is 7.98. The summed E-state index contributed by atoms with van der Waals surface area (Å²) in [5.41, 5.74) is 0.133. The summed E-state index contributed by atoms with van der Waals surface area (Å²) in [6.07, 6.45) is 1.84. The number of hydrogen-bond acceptors (Lipinski definition) is 9. The van der Waals surface area contributed by atoms with Gasteiger partial charge in [-0.15, -0.1) is 10.2 Å². The molecule has 1 amide bonds. The molecular formula is C18H14FN5O4S. The SMILES string of the molecule is O=C(CCc1nc(CSc2nnc(-c3ccco3)o2)no1)Nc1ccccc1F. The van der Waals surface area contributed by atoms with E-state index in [1.165, 1.54) is 30.2 Å². The Morgan fingerprint density at radius 1 is 1.17 bits per heavy atom. The van der Waals surface area contributed by atoms with Crippen molar-refractivity contribution >= 4 is 23.4 Å². The molecule has 0 unspecified atom stereocenters. The first kappa shape index (κ1) is 18.9. The highest BCUT2D eigenvalue weighted by atomic mass is 32.2. The van der Waals surface area contributed by atoms with Crippen molar-refractivity contribution in [1.82, 2.24) is 20.3 Å². The highest BCUT2D eigenvalue weighted by Gasteiger charge is 2.14. The third kappa shape index (κ3) is 4.88. The molecule has 4 aromatic rings. The van der Waals surface area contributed by atoms with E-state index < -0.39 is 5.82 Å². The van der Waals surface area contributed by atoms with Crippen molar-refractivity contribution in [2.45, 2.75) is 23.8 Å². The second kappa shape index (κ2) is 8.69. The molecule has 0 aliphatic heterocycles. The van der Waals surface area contributed by atoms with Crippen LogP contribution in [0.4, 0.5) is 10.1 Å². The molecule has 9 nitrogen and oxygen atoms in total. The predicted molar refractivity (Wildman–Crippen MR) is 99.2 cm³/mol. The zero-order valence-corrected chi connectivity index (χ0v) is 15.7. The second-order valence-electron chi connectivity index (χ2n) is 5.77. The van der Waals surface area contributed by atoms with Crippen LogP contribution in [-0.4, -0.2) is 26.2 Å². The Kier molecular flexibility index (Phi) is 5.66. The number of carbonyl (C=O) groups is 1. The van der Waals surface area contributed by atoms with E-state index in [9.17, 15) is 9.18 Å². The number of amides is 1. The summed E-state index contributed by atoms with van der Waals surface area (Å²) in [4.78, 5) is 16.2. The number of rotatable bonds is 8. The molecule has 0 spiro atoms. The molecular weight excluding hydrogens is 401 g/mol. The zero-order valence-electron chi connectivity index (χ0n) is 14.9. The normalized spacial score (nSPS) is 10.9. The molecule has 0 bridgehead atoms. The molecule has 0 saturated heterocycles. The number of nitrogens with one attached hydrogen (secondary N) is 1. The zero-order chi connectivity index (χ0) is 20.1. The minimum Gasteiger partial charge on any atom is -0.459 e. The maximum absolute atomic E-state index is 13.5. The quantitative estimate of drug-likeness (QED) is 0.429. The van der Waals surface area contributed by atoms with Crippen LogP contribution in [0.1, 0.15) is 18.1 Å². The van der Waals surface area contributed by atoms with Gasteiger partial charge in [0.15, 0.2) is 11.6 Å². The average molecular weight is 415 g/mol. The van der Waals surface area contributed by atoms with Gasteiger partial charge in [0.2, 0.25) is 11.8 Å². The molecule has 3 aromatic heterocycles. The van der Waals surface area contributed by atoms with E-state index >= 15 is 0 Å². The number of anilines is 1. The van der Waals surface area contributed by atoms with Crippen molar-refractivity contribution in [2.75, 3.05) is 5.32 Å². The third-order valence-corrected chi connectivity index (χ3v) is 4.50. The Bertz CT molecular complexity index is 1100. The van der Waals surface area contributed by atoms with Crippen molar-refractivity contribution in [1.29, 1.82) is 0 Å². The summed E-state index contributed by atoms with van der Waals surface area (Å²) >= 11 is 1.24. The molecule has 0 saturated carbocycles. The van der Waals surface area contributed by atoms with Crippen LogP contribution < -0.4 is 5.32 Å². The summed E-state index contributed by atoms with van der Waals surface area (Å²) in [5, 5.41) is 14.5. The lowest BCUT2D eigenvalue weighted by molar-refractivity contribution is -0.116. The molecule has 0 fully saturated rings. The van der Waals surface area contributed by atoms with E-state index in [0.717, 1.165) is 0 Å². The minimum absolute atomic E-state index is 0.0826. The molecule has 0 aliphatic rings. The van der Waals surface area contributed by atoms with Gasteiger partial charge in [-0.2, -0.15) is 4.98 Å². The summed E-state index contributed by atoms with van der Waals surface area (Å²) < 4.78 is 29.3. The van der Waals surface area contributed by atoms with E-state index in [2.05, 4.69) is 25.7 Å². The number of carbonyl (C=O) groups excluding carboxylic acids is 1. The Morgan fingerprint density at radius 2 is 2.07 bits per heavy atom. The Labute approximate surface area is 167 Å². The second-order valence-corrected chi connectivity index (χ2v) is 6.70. The smallest absolute Gasteiger partial charge is 0.284 e. The number of benzene rings is 1. The van der Waals surface area contributed by atoms with Crippen molar-refractivity contribution in [3.63, 3.8) is 0 Å². The standard InChI is InChI=1S/C18H14FN5O4S/c19-11-4-1-2-5-12(11)20-15(25)7-8-16-21-14(24-28-16)10-29-18-23-22-17(27-18)13-6-3-9-26-13/h1-6,9H,7-8,10H2,(H,20,25). The van der Waals surface area contributed by atoms with Crippen LogP contribution in [0.15, 0.2) is 61.2 Å². The first-order chi connectivity index (χ1) is 14.2. The number of para-hydroxylation sites is 1. The van der Waals surface area contributed by atoms with Crippen molar-refractivity contribution in [3.05, 3.63) is 60.2 Å².